The Morgan fingerprint density at radius 2 is 0.692 bits per heavy atom. The number of thiophene rings is 4. The summed E-state index contributed by atoms with van der Waals surface area (Å²) in [6.45, 7) is 9.18. The van der Waals surface area contributed by atoms with E-state index in [1.165, 1.54) is 204 Å². The second kappa shape index (κ2) is 22.8. The molecule has 0 spiro atoms. The first-order valence-electron chi connectivity index (χ1n) is 21.7. The predicted octanol–water partition coefficient (Wildman–Crippen LogP) is 17.3. The summed E-state index contributed by atoms with van der Waals surface area (Å²) in [6, 6.07) is 9.52. The van der Waals surface area contributed by atoms with Crippen LogP contribution >= 0.6 is 45.3 Å². The average molecular weight is 777 g/mol. The van der Waals surface area contributed by atoms with Gasteiger partial charge < -0.3 is 0 Å². The van der Waals surface area contributed by atoms with E-state index in [1.807, 2.05) is 45.3 Å². The number of fused-ring (bicyclic) bond motifs is 3. The molecule has 5 heteroatoms. The number of aryl methyl sites for hydroxylation is 2. The molecule has 0 fully saturated rings. The molecule has 0 bridgehead atoms. The van der Waals surface area contributed by atoms with Crippen molar-refractivity contribution >= 4 is 51.1 Å². The largest absolute Gasteiger partial charge is 0.288 e. The molecule has 1 nitrogen and oxygen atoms in total. The Morgan fingerprint density at radius 3 is 1.08 bits per heavy atom. The van der Waals surface area contributed by atoms with Gasteiger partial charge in [0.1, 0.15) is 0 Å². The smallest absolute Gasteiger partial charge is 0.196 e. The maximum absolute atomic E-state index is 14.8. The van der Waals surface area contributed by atoms with Gasteiger partial charge in [0.05, 0.1) is 9.75 Å². The second-order valence-electron chi connectivity index (χ2n) is 15.5. The number of ketones is 1. The normalized spacial score (nSPS) is 12.3. The molecule has 286 valence electrons. The lowest BCUT2D eigenvalue weighted by molar-refractivity contribution is 0.104. The number of hydrogen-bond acceptors (Lipinski definition) is 5. The van der Waals surface area contributed by atoms with Gasteiger partial charge in [0.25, 0.3) is 0 Å². The maximum Gasteiger partial charge on any atom is 0.196 e. The lowest BCUT2D eigenvalue weighted by Gasteiger charge is -2.08. The molecule has 1 aliphatic rings. The molecule has 0 saturated carbocycles. The highest BCUT2D eigenvalue weighted by Crippen LogP contribution is 2.56. The molecule has 1 aliphatic carbocycles. The van der Waals surface area contributed by atoms with Crippen molar-refractivity contribution < 1.29 is 4.79 Å². The van der Waals surface area contributed by atoms with Crippen molar-refractivity contribution in [2.24, 2.45) is 0 Å². The highest BCUT2D eigenvalue weighted by atomic mass is 32.1. The van der Waals surface area contributed by atoms with Gasteiger partial charge in [0.15, 0.2) is 5.78 Å². The summed E-state index contributed by atoms with van der Waals surface area (Å²) in [4.78, 5) is 25.9. The standard InChI is InChI=1S/C47H68OS4/c1-5-9-13-17-19-21-23-27-35-31-33-39(49-35)44-37(29-25-15-11-7-3)41-43(48)42-38(30-26-16-12-8-4)45(52-47(42)46(41)51-44)40-34-32-36(50-40)28-24-22-20-18-14-10-6-2/h31-34H,5-30H2,1-4H3. The number of unbranched alkanes of at least 4 members (excludes halogenated alkanes) is 18. The van der Waals surface area contributed by atoms with Gasteiger partial charge >= 0.3 is 0 Å². The predicted molar refractivity (Wildman–Crippen MR) is 237 cm³/mol. The second-order valence-corrected chi connectivity index (χ2v) is 19.8. The Morgan fingerprint density at radius 1 is 0.365 bits per heavy atom. The monoisotopic (exact) mass is 776 g/mol. The SMILES string of the molecule is CCCCCCCCCc1ccc(-c2sc3c(c2CCCCCC)C(=O)c2c-3sc(-c3ccc(CCCCCCCCC)s3)c2CCCCCC)s1. The molecular formula is C47H68OS4. The molecule has 0 atom stereocenters. The minimum atomic E-state index is 0.339. The molecule has 4 aromatic rings. The molecule has 0 amide bonds. The van der Waals surface area contributed by atoms with Crippen LogP contribution in [0, 0.1) is 0 Å². The summed E-state index contributed by atoms with van der Waals surface area (Å²) in [5, 5.41) is 0. The topological polar surface area (TPSA) is 17.1 Å². The van der Waals surface area contributed by atoms with Crippen LogP contribution in [0.15, 0.2) is 24.3 Å². The average Bonchev–Trinajstić information content (AvgIpc) is 3.98. The van der Waals surface area contributed by atoms with Gasteiger partial charge in [-0.3, -0.25) is 4.79 Å². The summed E-state index contributed by atoms with van der Waals surface area (Å²) in [7, 11) is 0. The van der Waals surface area contributed by atoms with Crippen LogP contribution in [0.25, 0.3) is 29.3 Å². The molecular weight excluding hydrogens is 709 g/mol. The number of rotatable bonds is 28. The van der Waals surface area contributed by atoms with Gasteiger partial charge in [-0.2, -0.15) is 0 Å². The highest BCUT2D eigenvalue weighted by Gasteiger charge is 2.39. The van der Waals surface area contributed by atoms with Crippen LogP contribution in [0.4, 0.5) is 0 Å². The molecule has 5 rings (SSSR count). The van der Waals surface area contributed by atoms with E-state index in [4.69, 9.17) is 0 Å². The van der Waals surface area contributed by atoms with Crippen LogP contribution < -0.4 is 0 Å². The molecule has 0 aromatic carbocycles. The van der Waals surface area contributed by atoms with Crippen LogP contribution in [-0.4, -0.2) is 5.78 Å². The molecule has 52 heavy (non-hydrogen) atoms. The quantitative estimate of drug-likeness (QED) is 0.0462. The lowest BCUT2D eigenvalue weighted by Crippen LogP contribution is -2.03. The Balaban J connectivity index is 1.38. The Kier molecular flexibility index (Phi) is 18.2. The number of carbonyl (C=O) groups excluding carboxylic acids is 1. The van der Waals surface area contributed by atoms with E-state index in [2.05, 4.69) is 52.0 Å². The molecule has 4 aromatic heterocycles. The van der Waals surface area contributed by atoms with Crippen molar-refractivity contribution in [1.82, 2.24) is 0 Å². The van der Waals surface area contributed by atoms with Crippen LogP contribution in [0.3, 0.4) is 0 Å². The van der Waals surface area contributed by atoms with Crippen molar-refractivity contribution in [1.29, 1.82) is 0 Å². The van der Waals surface area contributed by atoms with Crippen molar-refractivity contribution in [3.8, 4) is 29.3 Å². The van der Waals surface area contributed by atoms with Crippen molar-refractivity contribution in [2.75, 3.05) is 0 Å². The van der Waals surface area contributed by atoms with E-state index in [-0.39, 0.29) is 0 Å². The summed E-state index contributed by atoms with van der Waals surface area (Å²) in [5.74, 6) is 0.339. The third-order valence-corrected chi connectivity index (χ3v) is 16.3. The fraction of sp³-hybridized carbons (Fsp3) is 0.638. The minimum Gasteiger partial charge on any atom is -0.288 e. The zero-order chi connectivity index (χ0) is 36.5. The molecule has 0 aliphatic heterocycles. The first-order chi connectivity index (χ1) is 25.6. The van der Waals surface area contributed by atoms with E-state index < -0.39 is 0 Å². The Labute approximate surface area is 334 Å². The van der Waals surface area contributed by atoms with Crippen molar-refractivity contribution in [3.05, 3.63) is 56.3 Å². The van der Waals surface area contributed by atoms with Gasteiger partial charge in [-0.25, -0.2) is 0 Å². The van der Waals surface area contributed by atoms with Gasteiger partial charge in [-0.05, 0) is 86.8 Å². The van der Waals surface area contributed by atoms with Gasteiger partial charge in [0, 0.05) is 40.4 Å². The highest BCUT2D eigenvalue weighted by molar-refractivity contribution is 7.29. The van der Waals surface area contributed by atoms with Crippen molar-refractivity contribution in [3.63, 3.8) is 0 Å². The van der Waals surface area contributed by atoms with E-state index in [9.17, 15) is 4.79 Å². The van der Waals surface area contributed by atoms with Crippen molar-refractivity contribution in [2.45, 2.75) is 195 Å². The molecule has 4 heterocycles. The molecule has 0 saturated heterocycles. The Hall–Kier alpha value is -1.53. The fourth-order valence-electron chi connectivity index (χ4n) is 7.97. The van der Waals surface area contributed by atoms with E-state index in [0.29, 0.717) is 5.78 Å². The summed E-state index contributed by atoms with van der Waals surface area (Å²) < 4.78 is 0. The van der Waals surface area contributed by atoms with Gasteiger partial charge in [-0.15, -0.1) is 45.3 Å². The summed E-state index contributed by atoms with van der Waals surface area (Å²) in [6.07, 6.45) is 33.3. The zero-order valence-electron chi connectivity index (χ0n) is 33.2. The lowest BCUT2D eigenvalue weighted by atomic mass is 9.96. The molecule has 0 unspecified atom stereocenters. The van der Waals surface area contributed by atoms with Crippen LogP contribution in [0.1, 0.15) is 206 Å². The first kappa shape index (κ1) is 41.6. The molecule has 0 radical (unpaired) electrons. The maximum atomic E-state index is 14.8. The zero-order valence-corrected chi connectivity index (χ0v) is 36.5. The van der Waals surface area contributed by atoms with Crippen LogP contribution in [-0.2, 0) is 25.7 Å². The van der Waals surface area contributed by atoms with Crippen LogP contribution in [0.2, 0.25) is 0 Å². The Bertz CT molecular complexity index is 1510. The molecule has 0 N–H and O–H groups in total. The minimum absolute atomic E-state index is 0.339. The third-order valence-electron chi connectivity index (χ3n) is 11.1. The van der Waals surface area contributed by atoms with Crippen LogP contribution in [0.5, 0.6) is 0 Å². The first-order valence-corrected chi connectivity index (χ1v) is 24.9. The third kappa shape index (κ3) is 11.3. The number of hydrogen-bond donors (Lipinski definition) is 0. The number of carbonyl (C=O) groups is 1. The summed E-state index contributed by atoms with van der Waals surface area (Å²) in [5.41, 5.74) is 4.87. The van der Waals surface area contributed by atoms with E-state index in [1.54, 1.807) is 0 Å². The van der Waals surface area contributed by atoms with E-state index >= 15 is 0 Å². The summed E-state index contributed by atoms with van der Waals surface area (Å²) >= 11 is 7.88. The van der Waals surface area contributed by atoms with Gasteiger partial charge in [0.2, 0.25) is 0 Å². The van der Waals surface area contributed by atoms with E-state index in [0.717, 1.165) is 24.0 Å². The van der Waals surface area contributed by atoms with Gasteiger partial charge in [-0.1, -0.05) is 143 Å². The fourth-order valence-corrected chi connectivity index (χ4v) is 13.2.